The van der Waals surface area contributed by atoms with Gasteiger partial charge in [-0.05, 0) is 25.1 Å². The highest BCUT2D eigenvalue weighted by Gasteiger charge is 2.18. The van der Waals surface area contributed by atoms with Crippen molar-refractivity contribution < 1.29 is 4.92 Å². The number of halogens is 1. The van der Waals surface area contributed by atoms with E-state index in [1.807, 2.05) is 13.0 Å². The third-order valence-electron chi connectivity index (χ3n) is 3.78. The molecule has 0 radical (unpaired) electrons. The maximum Gasteiger partial charge on any atom is 0.274 e. The number of thioether (sulfide) groups is 1. The first kappa shape index (κ1) is 17.4. The van der Waals surface area contributed by atoms with Crippen LogP contribution in [-0.4, -0.2) is 14.5 Å². The summed E-state index contributed by atoms with van der Waals surface area (Å²) in [5.74, 6) is 0.251. The first-order valence-electron chi connectivity index (χ1n) is 7.57. The summed E-state index contributed by atoms with van der Waals surface area (Å²) in [4.78, 5) is 27.9. The fourth-order valence-electron chi connectivity index (χ4n) is 2.53. The molecule has 3 aromatic rings. The topological polar surface area (TPSA) is 78.0 Å². The number of hydrogen-bond acceptors (Lipinski definition) is 5. The minimum Gasteiger partial charge on any atom is -0.287 e. The van der Waals surface area contributed by atoms with E-state index in [0.717, 1.165) is 0 Å². The Kier molecular flexibility index (Phi) is 5.06. The number of nitrogens with zero attached hydrogens (tertiary/aromatic N) is 3. The molecule has 0 fully saturated rings. The van der Waals surface area contributed by atoms with Crippen molar-refractivity contribution in [1.82, 2.24) is 9.55 Å². The summed E-state index contributed by atoms with van der Waals surface area (Å²) in [6.45, 7) is 2.32. The molecule has 6 nitrogen and oxygen atoms in total. The van der Waals surface area contributed by atoms with Gasteiger partial charge in [0, 0.05) is 18.4 Å². The summed E-state index contributed by atoms with van der Waals surface area (Å²) in [6.07, 6.45) is 0. The summed E-state index contributed by atoms with van der Waals surface area (Å²) < 4.78 is 1.57. The Balaban J connectivity index is 2.03. The van der Waals surface area contributed by atoms with Gasteiger partial charge in [0.2, 0.25) is 0 Å². The zero-order chi connectivity index (χ0) is 18.0. The van der Waals surface area contributed by atoms with Gasteiger partial charge in [0.05, 0.1) is 26.4 Å². The van der Waals surface area contributed by atoms with E-state index in [1.165, 1.54) is 17.8 Å². The maximum absolute atomic E-state index is 12.6. The normalized spacial score (nSPS) is 11.0. The molecule has 3 rings (SSSR count). The molecule has 0 spiro atoms. The molecule has 0 atom stereocenters. The van der Waals surface area contributed by atoms with Crippen LogP contribution in [0.2, 0.25) is 5.02 Å². The zero-order valence-corrected chi connectivity index (χ0v) is 14.9. The molecule has 2 aromatic carbocycles. The van der Waals surface area contributed by atoms with Crippen molar-refractivity contribution in [1.29, 1.82) is 0 Å². The van der Waals surface area contributed by atoms with Gasteiger partial charge in [-0.25, -0.2) is 4.98 Å². The van der Waals surface area contributed by atoms with Gasteiger partial charge in [0.25, 0.3) is 11.2 Å². The predicted molar refractivity (Wildman–Crippen MR) is 99.3 cm³/mol. The van der Waals surface area contributed by atoms with Crippen molar-refractivity contribution in [2.45, 2.75) is 24.4 Å². The Morgan fingerprint density at radius 1 is 1.24 bits per heavy atom. The molecule has 0 aliphatic carbocycles. The standard InChI is InChI=1S/C17H14ClN3O3S/c1-2-20-16(22)11-6-3-4-8-14(11)19-17(20)25-10-12-13(18)7-5-9-15(12)21(23)24/h3-9H,2,10H2,1H3. The SMILES string of the molecule is CCn1c(SCc2c(Cl)cccc2[N+](=O)[O-])nc2ccccc2c1=O. The highest BCUT2D eigenvalue weighted by Crippen LogP contribution is 2.32. The quantitative estimate of drug-likeness (QED) is 0.288. The molecule has 0 saturated carbocycles. The van der Waals surface area contributed by atoms with Gasteiger partial charge in [-0.3, -0.25) is 19.5 Å². The Labute approximate surface area is 152 Å². The van der Waals surface area contributed by atoms with E-state index >= 15 is 0 Å². The molecular weight excluding hydrogens is 362 g/mol. The van der Waals surface area contributed by atoms with E-state index in [-0.39, 0.29) is 17.0 Å². The molecule has 0 aliphatic heterocycles. The van der Waals surface area contributed by atoms with Gasteiger partial charge in [0.15, 0.2) is 5.16 Å². The van der Waals surface area contributed by atoms with Gasteiger partial charge in [-0.2, -0.15) is 0 Å². The van der Waals surface area contributed by atoms with Crippen molar-refractivity contribution in [3.05, 3.63) is 73.5 Å². The average molecular weight is 376 g/mol. The summed E-state index contributed by atoms with van der Waals surface area (Å²) in [5.41, 5.74) is 0.869. The molecule has 0 N–H and O–H groups in total. The second-order valence-corrected chi connectivity index (χ2v) is 6.59. The molecule has 0 saturated heterocycles. The fraction of sp³-hybridized carbons (Fsp3) is 0.176. The van der Waals surface area contributed by atoms with E-state index in [4.69, 9.17) is 11.6 Å². The third-order valence-corrected chi connectivity index (χ3v) is 5.14. The highest BCUT2D eigenvalue weighted by molar-refractivity contribution is 7.98. The van der Waals surface area contributed by atoms with E-state index in [2.05, 4.69) is 4.98 Å². The Morgan fingerprint density at radius 2 is 2.00 bits per heavy atom. The number of nitro groups is 1. The lowest BCUT2D eigenvalue weighted by atomic mass is 10.2. The van der Waals surface area contributed by atoms with Crippen LogP contribution in [0.15, 0.2) is 52.4 Å². The predicted octanol–water partition coefficient (Wildman–Crippen LogP) is 4.27. The smallest absolute Gasteiger partial charge is 0.274 e. The lowest BCUT2D eigenvalue weighted by molar-refractivity contribution is -0.385. The van der Waals surface area contributed by atoms with Crippen LogP contribution in [0.25, 0.3) is 10.9 Å². The molecule has 0 amide bonds. The second kappa shape index (κ2) is 7.25. The number of fused-ring (bicyclic) bond motifs is 1. The molecule has 1 aromatic heterocycles. The van der Waals surface area contributed by atoms with E-state index in [1.54, 1.807) is 34.9 Å². The van der Waals surface area contributed by atoms with Crippen molar-refractivity contribution >= 4 is 40.0 Å². The molecule has 8 heteroatoms. The lowest BCUT2D eigenvalue weighted by Gasteiger charge is -2.11. The number of para-hydroxylation sites is 1. The molecule has 1 heterocycles. The van der Waals surface area contributed by atoms with Crippen molar-refractivity contribution in [3.8, 4) is 0 Å². The van der Waals surface area contributed by atoms with Crippen LogP contribution >= 0.6 is 23.4 Å². The Morgan fingerprint density at radius 3 is 2.72 bits per heavy atom. The lowest BCUT2D eigenvalue weighted by Crippen LogP contribution is -2.22. The van der Waals surface area contributed by atoms with Gasteiger partial charge in [-0.1, -0.05) is 41.6 Å². The number of rotatable bonds is 5. The number of nitro benzene ring substituents is 1. The summed E-state index contributed by atoms with van der Waals surface area (Å²) >= 11 is 7.40. The van der Waals surface area contributed by atoms with Crippen LogP contribution in [0.4, 0.5) is 5.69 Å². The van der Waals surface area contributed by atoms with Crippen LogP contribution < -0.4 is 5.56 Å². The van der Waals surface area contributed by atoms with Crippen molar-refractivity contribution in [3.63, 3.8) is 0 Å². The first-order valence-corrected chi connectivity index (χ1v) is 8.93. The molecule has 0 aliphatic rings. The van der Waals surface area contributed by atoms with Crippen molar-refractivity contribution in [2.75, 3.05) is 0 Å². The molecular formula is C17H14ClN3O3S. The summed E-state index contributed by atoms with van der Waals surface area (Å²) in [6, 6.07) is 11.7. The minimum absolute atomic E-state index is 0.0359. The third kappa shape index (κ3) is 3.38. The van der Waals surface area contributed by atoms with Crippen LogP contribution in [0.1, 0.15) is 12.5 Å². The van der Waals surface area contributed by atoms with Crippen molar-refractivity contribution in [2.24, 2.45) is 0 Å². The number of benzene rings is 2. The van der Waals surface area contributed by atoms with E-state index < -0.39 is 4.92 Å². The van der Waals surface area contributed by atoms with Crippen LogP contribution in [0.3, 0.4) is 0 Å². The Hall–Kier alpha value is -2.38. The highest BCUT2D eigenvalue weighted by atomic mass is 35.5. The largest absolute Gasteiger partial charge is 0.287 e. The monoisotopic (exact) mass is 375 g/mol. The van der Waals surface area contributed by atoms with Crippen LogP contribution in [0.5, 0.6) is 0 Å². The number of aromatic nitrogens is 2. The fourth-order valence-corrected chi connectivity index (χ4v) is 3.96. The van der Waals surface area contributed by atoms with Gasteiger partial charge in [0.1, 0.15) is 0 Å². The molecule has 25 heavy (non-hydrogen) atoms. The van der Waals surface area contributed by atoms with Gasteiger partial charge < -0.3 is 0 Å². The Bertz CT molecular complexity index is 1020. The van der Waals surface area contributed by atoms with Crippen LogP contribution in [0, 0.1) is 10.1 Å². The zero-order valence-electron chi connectivity index (χ0n) is 13.3. The minimum atomic E-state index is -0.456. The molecule has 128 valence electrons. The summed E-state index contributed by atoms with van der Waals surface area (Å²) in [5, 5.41) is 12.6. The van der Waals surface area contributed by atoms with Gasteiger partial charge in [-0.15, -0.1) is 0 Å². The number of hydrogen-bond donors (Lipinski definition) is 0. The summed E-state index contributed by atoms with van der Waals surface area (Å²) in [7, 11) is 0. The van der Waals surface area contributed by atoms with Gasteiger partial charge >= 0.3 is 0 Å². The molecule has 0 bridgehead atoms. The first-order chi connectivity index (χ1) is 12.0. The van der Waals surface area contributed by atoms with E-state index in [0.29, 0.717) is 33.2 Å². The maximum atomic E-state index is 12.6. The van der Waals surface area contributed by atoms with Crippen LogP contribution in [-0.2, 0) is 12.3 Å². The second-order valence-electron chi connectivity index (χ2n) is 5.24. The average Bonchev–Trinajstić information content (AvgIpc) is 2.60. The molecule has 0 unspecified atom stereocenters. The van der Waals surface area contributed by atoms with E-state index in [9.17, 15) is 14.9 Å².